The van der Waals surface area contributed by atoms with Gasteiger partial charge < -0.3 is 15.1 Å². The number of nitrogens with zero attached hydrogens (tertiary/aromatic N) is 2. The second kappa shape index (κ2) is 5.96. The molecule has 3 rings (SSSR count). The highest BCUT2D eigenvalue weighted by Crippen LogP contribution is 2.32. The van der Waals surface area contributed by atoms with E-state index in [4.69, 9.17) is 10.2 Å². The molecule has 0 bridgehead atoms. The zero-order chi connectivity index (χ0) is 14.8. The number of hydrogen-bond acceptors (Lipinski definition) is 4. The number of hydrogen-bond donors (Lipinski definition) is 1. The first-order chi connectivity index (χ1) is 10.1. The van der Waals surface area contributed by atoms with E-state index in [1.165, 1.54) is 25.7 Å². The van der Waals surface area contributed by atoms with Crippen LogP contribution in [0.2, 0.25) is 0 Å². The lowest BCUT2D eigenvalue weighted by molar-refractivity contribution is 0.479. The van der Waals surface area contributed by atoms with Crippen LogP contribution in [0.25, 0.3) is 11.1 Å². The van der Waals surface area contributed by atoms with Gasteiger partial charge in [-0.05, 0) is 37.3 Å². The average molecular weight is 287 g/mol. The number of anilines is 2. The lowest BCUT2D eigenvalue weighted by Crippen LogP contribution is -2.35. The Kier molecular flexibility index (Phi) is 4.04. The number of benzene rings is 1. The lowest BCUT2D eigenvalue weighted by atomic mass is 10.1. The predicted octanol–water partition coefficient (Wildman–Crippen LogP) is 4.21. The third kappa shape index (κ3) is 2.99. The molecule has 1 aromatic carbocycles. The van der Waals surface area contributed by atoms with Gasteiger partial charge in [-0.15, -0.1) is 0 Å². The molecule has 1 aromatic heterocycles. The quantitative estimate of drug-likeness (QED) is 0.837. The average Bonchev–Trinajstić information content (AvgIpc) is 3.08. The van der Waals surface area contributed by atoms with Gasteiger partial charge in [-0.2, -0.15) is 4.98 Å². The van der Waals surface area contributed by atoms with E-state index in [0.29, 0.717) is 17.6 Å². The lowest BCUT2D eigenvalue weighted by Gasteiger charge is -2.27. The van der Waals surface area contributed by atoms with Crippen LogP contribution in [0, 0.1) is 5.92 Å². The summed E-state index contributed by atoms with van der Waals surface area (Å²) < 4.78 is 5.99. The Hall–Kier alpha value is -1.71. The molecule has 1 fully saturated rings. The molecule has 0 radical (unpaired) electrons. The van der Waals surface area contributed by atoms with E-state index < -0.39 is 0 Å². The molecule has 4 nitrogen and oxygen atoms in total. The summed E-state index contributed by atoms with van der Waals surface area (Å²) in [7, 11) is 0. The Bertz CT molecular complexity index is 599. The fraction of sp³-hybridized carbons (Fsp3) is 0.588. The van der Waals surface area contributed by atoms with Crippen LogP contribution in [0.5, 0.6) is 0 Å². The van der Waals surface area contributed by atoms with Crippen molar-refractivity contribution in [1.82, 2.24) is 4.98 Å². The fourth-order valence-corrected chi connectivity index (χ4v) is 3.13. The largest absolute Gasteiger partial charge is 0.423 e. The highest BCUT2D eigenvalue weighted by molar-refractivity contribution is 5.86. The number of fused-ring (bicyclic) bond motifs is 1. The summed E-state index contributed by atoms with van der Waals surface area (Å²) >= 11 is 0. The molecule has 1 aliphatic rings. The summed E-state index contributed by atoms with van der Waals surface area (Å²) in [5.74, 6) is 0.684. The molecule has 4 heteroatoms. The third-order valence-electron chi connectivity index (χ3n) is 4.40. The van der Waals surface area contributed by atoms with E-state index in [-0.39, 0.29) is 0 Å². The van der Waals surface area contributed by atoms with Crippen LogP contribution in [0.3, 0.4) is 0 Å². The molecular formula is C17H25N3O. The number of nitrogens with two attached hydrogens (primary N) is 1. The Morgan fingerprint density at radius 3 is 2.76 bits per heavy atom. The molecule has 114 valence electrons. The van der Waals surface area contributed by atoms with Gasteiger partial charge in [0.25, 0.3) is 6.01 Å². The van der Waals surface area contributed by atoms with Crippen LogP contribution in [0.4, 0.5) is 11.7 Å². The topological polar surface area (TPSA) is 55.3 Å². The van der Waals surface area contributed by atoms with E-state index in [9.17, 15) is 0 Å². The van der Waals surface area contributed by atoms with Gasteiger partial charge in [0.05, 0.1) is 5.69 Å². The predicted molar refractivity (Wildman–Crippen MR) is 87.5 cm³/mol. The maximum absolute atomic E-state index is 6.00. The second-order valence-electron chi connectivity index (χ2n) is 6.50. The summed E-state index contributed by atoms with van der Waals surface area (Å²) in [6.07, 6.45) is 6.26. The van der Waals surface area contributed by atoms with Crippen LogP contribution >= 0.6 is 0 Å². The van der Waals surface area contributed by atoms with Crippen LogP contribution in [-0.2, 0) is 0 Å². The molecule has 2 aromatic rings. The van der Waals surface area contributed by atoms with Gasteiger partial charge in [-0.25, -0.2) is 0 Å². The van der Waals surface area contributed by atoms with Crippen LogP contribution < -0.4 is 10.6 Å². The van der Waals surface area contributed by atoms with Crippen molar-refractivity contribution in [2.45, 2.75) is 52.0 Å². The smallest absolute Gasteiger partial charge is 0.298 e. The molecular weight excluding hydrogens is 262 g/mol. The van der Waals surface area contributed by atoms with Crippen molar-refractivity contribution in [2.24, 2.45) is 5.92 Å². The second-order valence-corrected chi connectivity index (χ2v) is 6.50. The van der Waals surface area contributed by atoms with Gasteiger partial charge in [0.2, 0.25) is 0 Å². The first kappa shape index (κ1) is 14.2. The SMILES string of the molecule is CC(C)CCN(c1nc2c(N)cccc2o1)C1CCCC1. The Balaban J connectivity index is 1.90. The number of nitrogen functional groups attached to an aromatic ring is 1. The molecule has 21 heavy (non-hydrogen) atoms. The highest BCUT2D eigenvalue weighted by Gasteiger charge is 2.26. The first-order valence-electron chi connectivity index (χ1n) is 8.07. The van der Waals surface area contributed by atoms with Gasteiger partial charge in [-0.3, -0.25) is 0 Å². The normalized spacial score (nSPS) is 16.1. The van der Waals surface area contributed by atoms with Gasteiger partial charge in [-0.1, -0.05) is 32.8 Å². The first-order valence-corrected chi connectivity index (χ1v) is 8.07. The third-order valence-corrected chi connectivity index (χ3v) is 4.40. The molecule has 0 aliphatic heterocycles. The molecule has 1 heterocycles. The summed E-state index contributed by atoms with van der Waals surface area (Å²) in [5.41, 5.74) is 8.28. The molecule has 2 N–H and O–H groups in total. The standard InChI is InChI=1S/C17H25N3O/c1-12(2)10-11-20(13-6-3-4-7-13)17-19-16-14(18)8-5-9-15(16)21-17/h5,8-9,12-13H,3-4,6-7,10-11,18H2,1-2H3. The van der Waals surface area contributed by atoms with Gasteiger partial charge >= 0.3 is 0 Å². The van der Waals surface area contributed by atoms with Gasteiger partial charge in [0, 0.05) is 12.6 Å². The zero-order valence-electron chi connectivity index (χ0n) is 13.0. The summed E-state index contributed by atoms with van der Waals surface area (Å²) in [5, 5.41) is 0. The zero-order valence-corrected chi connectivity index (χ0v) is 13.0. The van der Waals surface area contributed by atoms with E-state index in [1.54, 1.807) is 0 Å². The minimum Gasteiger partial charge on any atom is -0.423 e. The molecule has 1 aliphatic carbocycles. The maximum Gasteiger partial charge on any atom is 0.298 e. The van der Waals surface area contributed by atoms with Crippen molar-refractivity contribution >= 4 is 22.8 Å². The summed E-state index contributed by atoms with van der Waals surface area (Å²) in [4.78, 5) is 7.04. The minimum atomic E-state index is 0.568. The Morgan fingerprint density at radius 1 is 1.33 bits per heavy atom. The maximum atomic E-state index is 6.00. The van der Waals surface area contributed by atoms with Crippen LogP contribution in [-0.4, -0.2) is 17.6 Å². The summed E-state index contributed by atoms with van der Waals surface area (Å²) in [6, 6.07) is 7.05. The van der Waals surface area contributed by atoms with Gasteiger partial charge in [0.1, 0.15) is 5.52 Å². The summed E-state index contributed by atoms with van der Waals surface area (Å²) in [6.45, 7) is 5.53. The number of aromatic nitrogens is 1. The van der Waals surface area contributed by atoms with E-state index in [0.717, 1.165) is 30.1 Å². The van der Waals surface area contributed by atoms with E-state index in [1.807, 2.05) is 18.2 Å². The van der Waals surface area contributed by atoms with E-state index in [2.05, 4.69) is 23.7 Å². The van der Waals surface area contributed by atoms with Crippen LogP contribution in [0.1, 0.15) is 46.0 Å². The van der Waals surface area contributed by atoms with Crippen molar-refractivity contribution in [1.29, 1.82) is 0 Å². The molecule has 0 unspecified atom stereocenters. The molecule has 0 amide bonds. The molecule has 1 saturated carbocycles. The Morgan fingerprint density at radius 2 is 2.10 bits per heavy atom. The monoisotopic (exact) mass is 287 g/mol. The van der Waals surface area contributed by atoms with Gasteiger partial charge in [0.15, 0.2) is 5.58 Å². The Labute approximate surface area is 126 Å². The van der Waals surface area contributed by atoms with Crippen molar-refractivity contribution in [3.63, 3.8) is 0 Å². The minimum absolute atomic E-state index is 0.568. The van der Waals surface area contributed by atoms with Crippen molar-refractivity contribution in [2.75, 3.05) is 17.2 Å². The molecule has 0 atom stereocenters. The van der Waals surface area contributed by atoms with E-state index >= 15 is 0 Å². The number of rotatable bonds is 5. The van der Waals surface area contributed by atoms with Crippen molar-refractivity contribution < 1.29 is 4.42 Å². The number of para-hydroxylation sites is 1. The number of oxazole rings is 1. The molecule has 0 spiro atoms. The molecule has 0 saturated heterocycles. The highest BCUT2D eigenvalue weighted by atomic mass is 16.4. The van der Waals surface area contributed by atoms with Crippen molar-refractivity contribution in [3.05, 3.63) is 18.2 Å². The van der Waals surface area contributed by atoms with Crippen LogP contribution in [0.15, 0.2) is 22.6 Å². The fourth-order valence-electron chi connectivity index (χ4n) is 3.13. The van der Waals surface area contributed by atoms with Crippen molar-refractivity contribution in [3.8, 4) is 0 Å².